The maximum atomic E-state index is 6.06. The van der Waals surface area contributed by atoms with Gasteiger partial charge < -0.3 is 5.32 Å². The lowest BCUT2D eigenvalue weighted by Gasteiger charge is -2.21. The molecule has 96 valence electrons. The van der Waals surface area contributed by atoms with Gasteiger partial charge in [-0.2, -0.15) is 0 Å². The third-order valence-electron chi connectivity index (χ3n) is 3.35. The van der Waals surface area contributed by atoms with Crippen molar-refractivity contribution in [3.05, 3.63) is 34.3 Å². The predicted molar refractivity (Wildman–Crippen MR) is 76.7 cm³/mol. The number of rotatable bonds is 6. The maximum absolute atomic E-state index is 6.06. The molecule has 2 heteroatoms. The quantitative estimate of drug-likeness (QED) is 0.773. The van der Waals surface area contributed by atoms with E-state index in [1.807, 2.05) is 13.1 Å². The van der Waals surface area contributed by atoms with Crippen molar-refractivity contribution >= 4 is 11.6 Å². The average molecular weight is 254 g/mol. The normalized spacial score (nSPS) is 14.6. The Bertz CT molecular complexity index is 349. The molecule has 0 spiro atoms. The monoisotopic (exact) mass is 253 g/mol. The van der Waals surface area contributed by atoms with E-state index in [1.165, 1.54) is 24.8 Å². The third-order valence-corrected chi connectivity index (χ3v) is 3.78. The van der Waals surface area contributed by atoms with E-state index in [9.17, 15) is 0 Å². The smallest absolute Gasteiger partial charge is 0.0435 e. The largest absolute Gasteiger partial charge is 0.313 e. The number of aryl methyl sites for hydroxylation is 1. The Morgan fingerprint density at radius 2 is 2.06 bits per heavy atom. The van der Waals surface area contributed by atoms with Crippen molar-refractivity contribution in [3.63, 3.8) is 0 Å². The van der Waals surface area contributed by atoms with Crippen LogP contribution < -0.4 is 5.32 Å². The molecule has 0 bridgehead atoms. The highest BCUT2D eigenvalue weighted by molar-refractivity contribution is 6.31. The molecule has 17 heavy (non-hydrogen) atoms. The van der Waals surface area contributed by atoms with Crippen molar-refractivity contribution in [2.45, 2.75) is 46.1 Å². The predicted octanol–water partition coefficient (Wildman–Crippen LogP) is 4.74. The molecule has 0 fully saturated rings. The standard InChI is InChI=1S/C15H24ClN/c1-5-6-11(2)9-15(17-4)13-7-8-14(16)12(3)10-13/h7-8,10-11,15,17H,5-6,9H2,1-4H3. The van der Waals surface area contributed by atoms with Gasteiger partial charge in [-0.05, 0) is 43.5 Å². The first-order valence-electron chi connectivity index (χ1n) is 6.51. The zero-order valence-electron chi connectivity index (χ0n) is 11.4. The van der Waals surface area contributed by atoms with E-state index >= 15 is 0 Å². The number of hydrogen-bond donors (Lipinski definition) is 1. The van der Waals surface area contributed by atoms with Crippen molar-refractivity contribution in [2.24, 2.45) is 5.92 Å². The lowest BCUT2D eigenvalue weighted by molar-refractivity contribution is 0.407. The second-order valence-electron chi connectivity index (χ2n) is 4.98. The van der Waals surface area contributed by atoms with Crippen LogP contribution in [0.4, 0.5) is 0 Å². The minimum Gasteiger partial charge on any atom is -0.313 e. The van der Waals surface area contributed by atoms with Crippen LogP contribution in [0.1, 0.15) is 50.3 Å². The van der Waals surface area contributed by atoms with E-state index in [0.717, 1.165) is 16.5 Å². The Kier molecular flexibility index (Phi) is 6.01. The molecule has 0 aliphatic heterocycles. The van der Waals surface area contributed by atoms with Crippen molar-refractivity contribution in [1.82, 2.24) is 5.32 Å². The molecule has 2 unspecified atom stereocenters. The zero-order chi connectivity index (χ0) is 12.8. The third kappa shape index (κ3) is 4.33. The Morgan fingerprint density at radius 1 is 1.35 bits per heavy atom. The molecular weight excluding hydrogens is 230 g/mol. The van der Waals surface area contributed by atoms with Gasteiger partial charge in [0, 0.05) is 11.1 Å². The number of benzene rings is 1. The van der Waals surface area contributed by atoms with E-state index in [2.05, 4.69) is 38.2 Å². The summed E-state index contributed by atoms with van der Waals surface area (Å²) in [6.45, 7) is 6.64. The molecular formula is C15H24ClN. The van der Waals surface area contributed by atoms with Crippen molar-refractivity contribution in [3.8, 4) is 0 Å². The van der Waals surface area contributed by atoms with Gasteiger partial charge in [0.15, 0.2) is 0 Å². The van der Waals surface area contributed by atoms with Gasteiger partial charge in [-0.1, -0.05) is 50.4 Å². The van der Waals surface area contributed by atoms with Crippen LogP contribution in [0.15, 0.2) is 18.2 Å². The summed E-state index contributed by atoms with van der Waals surface area (Å²) in [7, 11) is 2.03. The number of nitrogens with one attached hydrogen (secondary N) is 1. The summed E-state index contributed by atoms with van der Waals surface area (Å²) in [6.07, 6.45) is 3.74. The molecule has 1 aromatic carbocycles. The summed E-state index contributed by atoms with van der Waals surface area (Å²) >= 11 is 6.06. The molecule has 1 nitrogen and oxygen atoms in total. The zero-order valence-corrected chi connectivity index (χ0v) is 12.1. The molecule has 1 N–H and O–H groups in total. The fourth-order valence-electron chi connectivity index (χ4n) is 2.32. The van der Waals surface area contributed by atoms with Crippen LogP contribution in [0.2, 0.25) is 5.02 Å². The highest BCUT2D eigenvalue weighted by atomic mass is 35.5. The molecule has 0 amide bonds. The second-order valence-corrected chi connectivity index (χ2v) is 5.39. The van der Waals surface area contributed by atoms with Crippen LogP contribution in [0.5, 0.6) is 0 Å². The SMILES string of the molecule is CCCC(C)CC(NC)c1ccc(Cl)c(C)c1. The minimum absolute atomic E-state index is 0.438. The second kappa shape index (κ2) is 7.03. The molecule has 0 heterocycles. The topological polar surface area (TPSA) is 12.0 Å². The summed E-state index contributed by atoms with van der Waals surface area (Å²) < 4.78 is 0. The van der Waals surface area contributed by atoms with E-state index in [1.54, 1.807) is 0 Å². The molecule has 0 aromatic heterocycles. The van der Waals surface area contributed by atoms with Gasteiger partial charge in [0.05, 0.1) is 0 Å². The Labute approximate surface area is 111 Å². The average Bonchev–Trinajstić information content (AvgIpc) is 2.30. The molecule has 1 aromatic rings. The van der Waals surface area contributed by atoms with Crippen LogP contribution in [0.25, 0.3) is 0 Å². The Balaban J connectivity index is 2.75. The Morgan fingerprint density at radius 3 is 2.59 bits per heavy atom. The lowest BCUT2D eigenvalue weighted by Crippen LogP contribution is -2.19. The van der Waals surface area contributed by atoms with Gasteiger partial charge in [0.2, 0.25) is 0 Å². The highest BCUT2D eigenvalue weighted by Gasteiger charge is 2.13. The Hall–Kier alpha value is -0.530. The molecule has 0 saturated heterocycles. The van der Waals surface area contributed by atoms with E-state index < -0.39 is 0 Å². The fraction of sp³-hybridized carbons (Fsp3) is 0.600. The maximum Gasteiger partial charge on any atom is 0.0435 e. The fourth-order valence-corrected chi connectivity index (χ4v) is 2.44. The summed E-state index contributed by atoms with van der Waals surface area (Å²) in [5.74, 6) is 0.758. The van der Waals surface area contributed by atoms with Gasteiger partial charge in [-0.3, -0.25) is 0 Å². The number of halogens is 1. The first-order valence-corrected chi connectivity index (χ1v) is 6.89. The summed E-state index contributed by atoms with van der Waals surface area (Å²) in [6, 6.07) is 6.77. The van der Waals surface area contributed by atoms with E-state index in [4.69, 9.17) is 11.6 Å². The highest BCUT2D eigenvalue weighted by Crippen LogP contribution is 2.26. The van der Waals surface area contributed by atoms with Gasteiger partial charge >= 0.3 is 0 Å². The molecule has 1 rings (SSSR count). The lowest BCUT2D eigenvalue weighted by atomic mass is 9.92. The van der Waals surface area contributed by atoms with Crippen LogP contribution in [0, 0.1) is 12.8 Å². The van der Waals surface area contributed by atoms with Crippen LogP contribution in [-0.2, 0) is 0 Å². The first-order chi connectivity index (χ1) is 8.08. The van der Waals surface area contributed by atoms with Crippen molar-refractivity contribution < 1.29 is 0 Å². The summed E-state index contributed by atoms with van der Waals surface area (Å²) in [5, 5.41) is 4.26. The minimum atomic E-state index is 0.438. The van der Waals surface area contributed by atoms with Crippen LogP contribution >= 0.6 is 11.6 Å². The molecule has 0 radical (unpaired) electrons. The van der Waals surface area contributed by atoms with E-state index in [-0.39, 0.29) is 0 Å². The van der Waals surface area contributed by atoms with Crippen molar-refractivity contribution in [2.75, 3.05) is 7.05 Å². The first kappa shape index (κ1) is 14.5. The molecule has 0 aliphatic rings. The summed E-state index contributed by atoms with van der Waals surface area (Å²) in [5.41, 5.74) is 2.50. The summed E-state index contributed by atoms with van der Waals surface area (Å²) in [4.78, 5) is 0. The van der Waals surface area contributed by atoms with Gasteiger partial charge in [0.25, 0.3) is 0 Å². The molecule has 2 atom stereocenters. The van der Waals surface area contributed by atoms with E-state index in [0.29, 0.717) is 6.04 Å². The van der Waals surface area contributed by atoms with Gasteiger partial charge in [-0.25, -0.2) is 0 Å². The number of hydrogen-bond acceptors (Lipinski definition) is 1. The molecule has 0 aliphatic carbocycles. The van der Waals surface area contributed by atoms with Crippen molar-refractivity contribution in [1.29, 1.82) is 0 Å². The molecule has 0 saturated carbocycles. The van der Waals surface area contributed by atoms with Crippen LogP contribution in [-0.4, -0.2) is 7.05 Å². The van der Waals surface area contributed by atoms with Crippen LogP contribution in [0.3, 0.4) is 0 Å². The van der Waals surface area contributed by atoms with Gasteiger partial charge in [-0.15, -0.1) is 0 Å². The van der Waals surface area contributed by atoms with Gasteiger partial charge in [0.1, 0.15) is 0 Å².